The van der Waals surface area contributed by atoms with E-state index in [1.54, 1.807) is 0 Å². The van der Waals surface area contributed by atoms with Gasteiger partial charge in [0, 0.05) is 38.0 Å². The van der Waals surface area contributed by atoms with Crippen molar-refractivity contribution in [2.24, 2.45) is 11.8 Å². The summed E-state index contributed by atoms with van der Waals surface area (Å²) in [5, 5.41) is 9.44. The molecule has 1 aromatic carbocycles. The maximum Gasteiger partial charge on any atom is 0.310 e. The molecule has 0 amide bonds. The number of ether oxygens (including phenoxy) is 1. The van der Waals surface area contributed by atoms with Gasteiger partial charge in [-0.1, -0.05) is 6.07 Å². The van der Waals surface area contributed by atoms with Gasteiger partial charge in [-0.05, 0) is 11.6 Å². The van der Waals surface area contributed by atoms with Gasteiger partial charge in [0.05, 0.1) is 13.0 Å². The number of carbonyl (C=O) groups is 1. The van der Waals surface area contributed by atoms with Crippen molar-refractivity contribution in [2.45, 2.75) is 18.6 Å². The molecule has 4 N–H and O–H groups in total. The molecule has 1 aliphatic rings. The summed E-state index contributed by atoms with van der Waals surface area (Å²) in [7, 11) is 1.28. The largest absolute Gasteiger partial charge is 0.469 e. The number of nitrogens with two attached hydrogens (primary N) is 1. The van der Waals surface area contributed by atoms with Crippen molar-refractivity contribution < 1.29 is 23.4 Å². The van der Waals surface area contributed by atoms with Crippen molar-refractivity contribution in [2.75, 3.05) is 26.7 Å². The van der Waals surface area contributed by atoms with Gasteiger partial charge in [0.15, 0.2) is 0 Å². The number of hydrogen-bond donors (Lipinski definition) is 3. The summed E-state index contributed by atoms with van der Waals surface area (Å²) in [4.78, 5) is 13.9. The number of esters is 1. The number of aliphatic hydroxyl groups is 1. The molecule has 1 aromatic rings. The summed E-state index contributed by atoms with van der Waals surface area (Å²) >= 11 is 0. The molecule has 0 spiro atoms. The Bertz CT molecular complexity index is 559. The molecule has 2 rings (SSSR count). The van der Waals surface area contributed by atoms with E-state index in [0.717, 1.165) is 6.07 Å². The Kier molecular flexibility index (Phi) is 6.00. The van der Waals surface area contributed by atoms with E-state index in [0.29, 0.717) is 31.6 Å². The molecule has 8 heteroatoms. The number of hydrogen-bond acceptors (Lipinski definition) is 6. The minimum atomic E-state index is -0.854. The van der Waals surface area contributed by atoms with E-state index in [9.17, 15) is 18.7 Å². The van der Waals surface area contributed by atoms with Gasteiger partial charge in [0.2, 0.25) is 0 Å². The first-order valence-electron chi connectivity index (χ1n) is 7.35. The predicted octanol–water partition coefficient (Wildman–Crippen LogP) is 0.325. The van der Waals surface area contributed by atoms with Gasteiger partial charge < -0.3 is 14.7 Å². The van der Waals surface area contributed by atoms with Crippen molar-refractivity contribution in [1.29, 1.82) is 0 Å². The average Bonchev–Trinajstić information content (AvgIpc) is 2.95. The van der Waals surface area contributed by atoms with Gasteiger partial charge in [0.1, 0.15) is 17.9 Å². The molecule has 1 aliphatic heterocycles. The van der Waals surface area contributed by atoms with E-state index >= 15 is 0 Å². The van der Waals surface area contributed by atoms with E-state index in [-0.39, 0.29) is 0 Å². The van der Waals surface area contributed by atoms with Gasteiger partial charge in [-0.25, -0.2) is 14.2 Å². The minimum Gasteiger partial charge on any atom is -0.469 e. The van der Waals surface area contributed by atoms with Crippen molar-refractivity contribution in [1.82, 2.24) is 10.3 Å². The SMILES string of the molecule is COC(=O)[C@@H]1CN(CCC(O)NN)C[C@H]1c1ccc(F)cc1F. The van der Waals surface area contributed by atoms with Crippen LogP contribution in [0.5, 0.6) is 0 Å². The van der Waals surface area contributed by atoms with Crippen molar-refractivity contribution in [3.8, 4) is 0 Å². The number of hydrazine groups is 1. The standard InChI is InChI=1S/C15H21F2N3O3/c1-23-15(22)12-8-20(5-4-14(21)19-18)7-11(12)10-3-2-9(16)6-13(10)17/h2-3,6,11-12,14,19,21H,4-5,7-8,18H2,1H3/t11-,12+,14?/m0/s1. The highest BCUT2D eigenvalue weighted by Crippen LogP contribution is 2.35. The van der Waals surface area contributed by atoms with Crippen molar-refractivity contribution >= 4 is 5.97 Å². The van der Waals surface area contributed by atoms with Crippen LogP contribution in [0, 0.1) is 17.6 Å². The lowest BCUT2D eigenvalue weighted by Crippen LogP contribution is -2.37. The topological polar surface area (TPSA) is 87.8 Å². The quantitative estimate of drug-likeness (QED) is 0.302. The summed E-state index contributed by atoms with van der Waals surface area (Å²) in [6, 6.07) is 3.36. The summed E-state index contributed by atoms with van der Waals surface area (Å²) < 4.78 is 32.0. The molecule has 1 heterocycles. The molecule has 0 bridgehead atoms. The predicted molar refractivity (Wildman–Crippen MR) is 79.0 cm³/mol. The smallest absolute Gasteiger partial charge is 0.310 e. The summed E-state index contributed by atoms with van der Waals surface area (Å²) in [5.74, 6) is 2.40. The molecule has 0 saturated carbocycles. The average molecular weight is 329 g/mol. The second-order valence-corrected chi connectivity index (χ2v) is 5.63. The maximum absolute atomic E-state index is 14.1. The Labute approximate surface area is 133 Å². The van der Waals surface area contributed by atoms with Crippen LogP contribution in [0.25, 0.3) is 0 Å². The van der Waals surface area contributed by atoms with Crippen molar-refractivity contribution in [3.05, 3.63) is 35.4 Å². The lowest BCUT2D eigenvalue weighted by atomic mass is 9.88. The molecule has 0 aromatic heterocycles. The van der Waals surface area contributed by atoms with E-state index in [1.165, 1.54) is 19.2 Å². The molecule has 0 radical (unpaired) electrons. The number of aliphatic hydroxyl groups excluding tert-OH is 1. The zero-order chi connectivity index (χ0) is 17.0. The fourth-order valence-electron chi connectivity index (χ4n) is 2.96. The molecule has 1 fully saturated rings. The Morgan fingerprint density at radius 3 is 2.87 bits per heavy atom. The third-order valence-corrected chi connectivity index (χ3v) is 4.17. The Balaban J connectivity index is 2.16. The van der Waals surface area contributed by atoms with E-state index < -0.39 is 35.7 Å². The Morgan fingerprint density at radius 1 is 1.52 bits per heavy atom. The number of rotatable bonds is 6. The highest BCUT2D eigenvalue weighted by Gasteiger charge is 2.40. The van der Waals surface area contributed by atoms with Crippen LogP contribution in [0.1, 0.15) is 17.9 Å². The van der Waals surface area contributed by atoms with Crippen LogP contribution in [-0.4, -0.2) is 48.9 Å². The lowest BCUT2D eigenvalue weighted by Gasteiger charge is -2.18. The number of nitrogens with zero attached hydrogens (tertiary/aromatic N) is 1. The summed E-state index contributed by atoms with van der Waals surface area (Å²) in [6.45, 7) is 1.28. The second kappa shape index (κ2) is 7.78. The summed E-state index contributed by atoms with van der Waals surface area (Å²) in [6.07, 6.45) is -0.489. The molecule has 1 saturated heterocycles. The molecule has 0 aliphatic carbocycles. The number of benzene rings is 1. The molecule has 1 unspecified atom stereocenters. The van der Waals surface area contributed by atoms with Crippen LogP contribution in [0.4, 0.5) is 8.78 Å². The van der Waals surface area contributed by atoms with Gasteiger partial charge in [0.25, 0.3) is 0 Å². The van der Waals surface area contributed by atoms with E-state index in [2.05, 4.69) is 5.43 Å². The van der Waals surface area contributed by atoms with Gasteiger partial charge in [-0.15, -0.1) is 0 Å². The Morgan fingerprint density at radius 2 is 2.26 bits per heavy atom. The van der Waals surface area contributed by atoms with Crippen LogP contribution in [0.2, 0.25) is 0 Å². The zero-order valence-electron chi connectivity index (χ0n) is 12.8. The third kappa shape index (κ3) is 4.23. The van der Waals surface area contributed by atoms with Crippen LogP contribution in [-0.2, 0) is 9.53 Å². The maximum atomic E-state index is 14.1. The lowest BCUT2D eigenvalue weighted by molar-refractivity contribution is -0.145. The third-order valence-electron chi connectivity index (χ3n) is 4.17. The van der Waals surface area contributed by atoms with Gasteiger partial charge in [-0.3, -0.25) is 10.6 Å². The first kappa shape index (κ1) is 17.7. The normalized spacial score (nSPS) is 23.0. The summed E-state index contributed by atoms with van der Waals surface area (Å²) in [5.41, 5.74) is 2.52. The number of nitrogens with one attached hydrogen (secondary N) is 1. The highest BCUT2D eigenvalue weighted by atomic mass is 19.1. The monoisotopic (exact) mass is 329 g/mol. The molecule has 128 valence electrons. The first-order valence-corrected chi connectivity index (χ1v) is 7.35. The number of methoxy groups -OCH3 is 1. The van der Waals surface area contributed by atoms with Gasteiger partial charge >= 0.3 is 5.97 Å². The second-order valence-electron chi connectivity index (χ2n) is 5.63. The number of likely N-dealkylation sites (tertiary alicyclic amines) is 1. The number of halogens is 2. The van der Waals surface area contributed by atoms with E-state index in [1.807, 2.05) is 4.90 Å². The van der Waals surface area contributed by atoms with Crippen LogP contribution in [0.3, 0.4) is 0 Å². The van der Waals surface area contributed by atoms with Crippen LogP contribution >= 0.6 is 0 Å². The minimum absolute atomic E-state index is 0.293. The fourth-order valence-corrected chi connectivity index (χ4v) is 2.96. The fraction of sp³-hybridized carbons (Fsp3) is 0.533. The van der Waals surface area contributed by atoms with Gasteiger partial charge in [-0.2, -0.15) is 0 Å². The molecular formula is C15H21F2N3O3. The van der Waals surface area contributed by atoms with E-state index in [4.69, 9.17) is 10.6 Å². The molecular weight excluding hydrogens is 308 g/mol. The molecule has 23 heavy (non-hydrogen) atoms. The molecule has 3 atom stereocenters. The van der Waals surface area contributed by atoms with Crippen LogP contribution < -0.4 is 11.3 Å². The highest BCUT2D eigenvalue weighted by molar-refractivity contribution is 5.74. The Hall–Kier alpha value is -1.61. The zero-order valence-corrected chi connectivity index (χ0v) is 12.8. The number of carbonyl (C=O) groups excluding carboxylic acids is 1. The van der Waals surface area contributed by atoms with Crippen LogP contribution in [0.15, 0.2) is 18.2 Å². The first-order chi connectivity index (χ1) is 11.0. The van der Waals surface area contributed by atoms with Crippen molar-refractivity contribution in [3.63, 3.8) is 0 Å². The molecule has 6 nitrogen and oxygen atoms in total.